The zero-order valence-electron chi connectivity index (χ0n) is 18.2. The molecule has 1 aliphatic heterocycles. The zero-order valence-corrected chi connectivity index (χ0v) is 19.0. The van der Waals surface area contributed by atoms with E-state index >= 15 is 0 Å². The van der Waals surface area contributed by atoms with Crippen LogP contribution in [0.5, 0.6) is 11.5 Å². The molecule has 0 saturated carbocycles. The van der Waals surface area contributed by atoms with Crippen molar-refractivity contribution in [1.29, 1.82) is 5.41 Å². The third kappa shape index (κ3) is 5.12. The van der Waals surface area contributed by atoms with Gasteiger partial charge >= 0.3 is 0 Å². The van der Waals surface area contributed by atoms with Crippen LogP contribution in [0, 0.1) is 5.41 Å². The molecule has 0 spiro atoms. The van der Waals surface area contributed by atoms with Crippen LogP contribution < -0.4 is 25.0 Å². The molecule has 3 N–H and O–H groups in total. The minimum atomic E-state index is 0.154. The molecule has 2 heterocycles. The van der Waals surface area contributed by atoms with E-state index in [0.29, 0.717) is 23.2 Å². The van der Waals surface area contributed by atoms with Gasteiger partial charge in [-0.3, -0.25) is 5.41 Å². The Morgan fingerprint density at radius 3 is 2.44 bits per heavy atom. The number of anilines is 2. The summed E-state index contributed by atoms with van der Waals surface area (Å²) in [5, 5.41) is 16.9. The quantitative estimate of drug-likeness (QED) is 0.370. The van der Waals surface area contributed by atoms with Crippen molar-refractivity contribution in [3.8, 4) is 22.8 Å². The minimum absolute atomic E-state index is 0.154. The Balaban J connectivity index is 1.36. The summed E-state index contributed by atoms with van der Waals surface area (Å²) < 4.78 is 16.2. The van der Waals surface area contributed by atoms with Crippen molar-refractivity contribution in [1.82, 2.24) is 10.3 Å². The van der Waals surface area contributed by atoms with Crippen LogP contribution in [0.4, 0.5) is 10.8 Å². The van der Waals surface area contributed by atoms with Gasteiger partial charge in [-0.1, -0.05) is 18.2 Å². The lowest BCUT2D eigenvalue weighted by atomic mass is 10.1. The summed E-state index contributed by atoms with van der Waals surface area (Å²) in [6.45, 7) is 3.76. The molecular weight excluding hydrogens is 426 g/mol. The summed E-state index contributed by atoms with van der Waals surface area (Å²) in [6.07, 6.45) is 0. The zero-order chi connectivity index (χ0) is 22.3. The van der Waals surface area contributed by atoms with Gasteiger partial charge in [0.25, 0.3) is 0 Å². The lowest BCUT2D eigenvalue weighted by molar-refractivity contribution is 0.122. The maximum absolute atomic E-state index is 8.23. The summed E-state index contributed by atoms with van der Waals surface area (Å²) >= 11 is 1.46. The molecule has 1 aliphatic rings. The SMILES string of the molecule is COc1cccc(OC)c1CNC(=N)Nc1nc(-c2ccc(N3CCOCC3)cc2)cs1. The number of benzene rings is 2. The number of nitrogens with zero attached hydrogens (tertiary/aromatic N) is 2. The molecule has 0 atom stereocenters. The number of nitrogens with one attached hydrogen (secondary N) is 3. The predicted octanol–water partition coefficient (Wildman–Crippen LogP) is 3.80. The summed E-state index contributed by atoms with van der Waals surface area (Å²) in [6, 6.07) is 14.0. The number of ether oxygens (including phenoxy) is 3. The Labute approximate surface area is 191 Å². The highest BCUT2D eigenvalue weighted by atomic mass is 32.1. The molecule has 8 nitrogen and oxygen atoms in total. The van der Waals surface area contributed by atoms with E-state index in [1.165, 1.54) is 17.0 Å². The Morgan fingerprint density at radius 2 is 1.78 bits per heavy atom. The maximum atomic E-state index is 8.23. The van der Waals surface area contributed by atoms with E-state index in [9.17, 15) is 0 Å². The van der Waals surface area contributed by atoms with Crippen molar-refractivity contribution in [2.75, 3.05) is 50.7 Å². The summed E-state index contributed by atoms with van der Waals surface area (Å²) in [5.74, 6) is 1.57. The minimum Gasteiger partial charge on any atom is -0.496 e. The average molecular weight is 454 g/mol. The van der Waals surface area contributed by atoms with Crippen molar-refractivity contribution >= 4 is 28.1 Å². The van der Waals surface area contributed by atoms with Gasteiger partial charge in [-0.2, -0.15) is 0 Å². The second-order valence-corrected chi connectivity index (χ2v) is 8.04. The first kappa shape index (κ1) is 21.9. The second kappa shape index (κ2) is 10.3. The van der Waals surface area contributed by atoms with Gasteiger partial charge in [0, 0.05) is 29.7 Å². The number of hydrogen-bond acceptors (Lipinski definition) is 7. The average Bonchev–Trinajstić information content (AvgIpc) is 3.31. The number of guanidine groups is 1. The van der Waals surface area contributed by atoms with E-state index in [0.717, 1.165) is 43.1 Å². The number of hydrogen-bond donors (Lipinski definition) is 3. The number of thiazole rings is 1. The van der Waals surface area contributed by atoms with E-state index in [1.807, 2.05) is 23.6 Å². The summed E-state index contributed by atoms with van der Waals surface area (Å²) in [7, 11) is 3.23. The first-order valence-electron chi connectivity index (χ1n) is 10.4. The predicted molar refractivity (Wildman–Crippen MR) is 128 cm³/mol. The van der Waals surface area contributed by atoms with Gasteiger partial charge in [-0.25, -0.2) is 4.98 Å². The lowest BCUT2D eigenvalue weighted by Gasteiger charge is -2.28. The largest absolute Gasteiger partial charge is 0.496 e. The number of rotatable bonds is 7. The first-order chi connectivity index (χ1) is 15.7. The fourth-order valence-electron chi connectivity index (χ4n) is 3.56. The van der Waals surface area contributed by atoms with Crippen molar-refractivity contribution in [3.63, 3.8) is 0 Å². The molecule has 0 unspecified atom stereocenters. The van der Waals surface area contributed by atoms with Gasteiger partial charge in [0.1, 0.15) is 11.5 Å². The molecule has 2 aromatic carbocycles. The molecule has 0 aliphatic carbocycles. The van der Waals surface area contributed by atoms with Crippen LogP contribution in [0.25, 0.3) is 11.3 Å². The van der Waals surface area contributed by atoms with E-state index in [4.69, 9.17) is 19.6 Å². The Morgan fingerprint density at radius 1 is 1.09 bits per heavy atom. The Kier molecular flexibility index (Phi) is 7.08. The van der Waals surface area contributed by atoms with E-state index in [1.54, 1.807) is 14.2 Å². The molecule has 0 amide bonds. The molecule has 168 valence electrons. The van der Waals surface area contributed by atoms with E-state index in [2.05, 4.69) is 44.8 Å². The highest BCUT2D eigenvalue weighted by Gasteiger charge is 2.13. The van der Waals surface area contributed by atoms with Crippen LogP contribution >= 0.6 is 11.3 Å². The van der Waals surface area contributed by atoms with Crippen LogP contribution in [0.15, 0.2) is 47.8 Å². The van der Waals surface area contributed by atoms with Gasteiger partial charge in [-0.15, -0.1) is 11.3 Å². The van der Waals surface area contributed by atoms with Gasteiger partial charge in [0.05, 0.1) is 45.2 Å². The van der Waals surface area contributed by atoms with E-state index < -0.39 is 0 Å². The van der Waals surface area contributed by atoms with Crippen LogP contribution in [-0.2, 0) is 11.3 Å². The van der Waals surface area contributed by atoms with Crippen LogP contribution in [0.2, 0.25) is 0 Å². The third-order valence-electron chi connectivity index (χ3n) is 5.25. The van der Waals surface area contributed by atoms with Crippen molar-refractivity contribution < 1.29 is 14.2 Å². The fourth-order valence-corrected chi connectivity index (χ4v) is 4.28. The summed E-state index contributed by atoms with van der Waals surface area (Å²) in [5.41, 5.74) is 3.97. The molecule has 0 radical (unpaired) electrons. The molecule has 1 aromatic heterocycles. The molecule has 4 rings (SSSR count). The first-order valence-corrected chi connectivity index (χ1v) is 11.2. The fraction of sp³-hybridized carbons (Fsp3) is 0.304. The molecule has 1 saturated heterocycles. The van der Waals surface area contributed by atoms with Gasteiger partial charge < -0.3 is 29.7 Å². The molecule has 32 heavy (non-hydrogen) atoms. The van der Waals surface area contributed by atoms with Crippen LogP contribution in [0.1, 0.15) is 5.56 Å². The highest BCUT2D eigenvalue weighted by Crippen LogP contribution is 2.29. The monoisotopic (exact) mass is 453 g/mol. The number of methoxy groups -OCH3 is 2. The van der Waals surface area contributed by atoms with Crippen molar-refractivity contribution in [2.24, 2.45) is 0 Å². The lowest BCUT2D eigenvalue weighted by Crippen LogP contribution is -2.36. The molecule has 0 bridgehead atoms. The van der Waals surface area contributed by atoms with Gasteiger partial charge in [-0.05, 0) is 24.3 Å². The van der Waals surface area contributed by atoms with Gasteiger partial charge in [0.15, 0.2) is 11.1 Å². The van der Waals surface area contributed by atoms with E-state index in [-0.39, 0.29) is 5.96 Å². The molecular formula is C23H27N5O3S. The molecule has 1 fully saturated rings. The maximum Gasteiger partial charge on any atom is 0.195 e. The van der Waals surface area contributed by atoms with Crippen LogP contribution in [0.3, 0.4) is 0 Å². The Hall–Kier alpha value is -3.30. The summed E-state index contributed by atoms with van der Waals surface area (Å²) in [4.78, 5) is 6.95. The second-order valence-electron chi connectivity index (χ2n) is 7.18. The molecule has 9 heteroatoms. The van der Waals surface area contributed by atoms with Crippen molar-refractivity contribution in [2.45, 2.75) is 6.54 Å². The topological polar surface area (TPSA) is 91.7 Å². The smallest absolute Gasteiger partial charge is 0.195 e. The van der Waals surface area contributed by atoms with Gasteiger partial charge in [0.2, 0.25) is 0 Å². The Bertz CT molecular complexity index is 1030. The standard InChI is InChI=1S/C23H27N5O3S/c1-29-20-4-3-5-21(30-2)18(20)14-25-22(24)27-23-26-19(15-32-23)16-6-8-17(9-7-16)28-10-12-31-13-11-28/h3-9,15H,10-14H2,1-2H3,(H3,24,25,26,27). The van der Waals surface area contributed by atoms with Crippen molar-refractivity contribution in [3.05, 3.63) is 53.4 Å². The number of morpholine rings is 1. The normalized spacial score (nSPS) is 13.5. The molecule has 3 aromatic rings. The third-order valence-corrected chi connectivity index (χ3v) is 6.00. The van der Waals surface area contributed by atoms with Crippen LogP contribution in [-0.4, -0.2) is 51.5 Å². The highest BCUT2D eigenvalue weighted by molar-refractivity contribution is 7.14. The number of aromatic nitrogens is 1.